The van der Waals surface area contributed by atoms with E-state index in [2.05, 4.69) is 31.3 Å². The second-order valence-corrected chi connectivity index (χ2v) is 20.7. The highest BCUT2D eigenvalue weighted by Crippen LogP contribution is 2.17. The van der Waals surface area contributed by atoms with Crippen LogP contribution in [-0.2, 0) is 14.3 Å². The molecular formula is C61H117NO5. The topological polar surface area (TPSA) is 95.9 Å². The number of nitrogens with one attached hydrogen (secondary N) is 1. The highest BCUT2D eigenvalue weighted by molar-refractivity contribution is 5.76. The molecular weight excluding hydrogens is 827 g/mol. The minimum atomic E-state index is -0.845. The van der Waals surface area contributed by atoms with Gasteiger partial charge in [0.05, 0.1) is 25.4 Å². The maximum absolute atomic E-state index is 12.4. The number of amides is 1. The normalized spacial score (nSPS) is 12.7. The molecule has 0 aromatic rings. The van der Waals surface area contributed by atoms with Crippen LogP contribution in [0.1, 0.15) is 328 Å². The Morgan fingerprint density at radius 3 is 1.06 bits per heavy atom. The molecule has 6 heteroatoms. The molecule has 0 aliphatic rings. The number of rotatable bonds is 56. The van der Waals surface area contributed by atoms with Crippen LogP contribution in [0.25, 0.3) is 0 Å². The lowest BCUT2D eigenvalue weighted by Gasteiger charge is -2.20. The minimum absolute atomic E-state index is 0.00679. The quantitative estimate of drug-likeness (QED) is 0.0321. The van der Waals surface area contributed by atoms with Crippen molar-refractivity contribution in [2.24, 2.45) is 0 Å². The number of esters is 1. The first kappa shape index (κ1) is 65.3. The third-order valence-corrected chi connectivity index (χ3v) is 14.0. The molecule has 0 fully saturated rings. The van der Waals surface area contributed by atoms with Crippen LogP contribution in [0.2, 0.25) is 0 Å². The first-order chi connectivity index (χ1) is 33.0. The van der Waals surface area contributed by atoms with Gasteiger partial charge in [-0.15, -0.1) is 0 Å². The smallest absolute Gasteiger partial charge is 0.305 e. The van der Waals surface area contributed by atoms with Crippen LogP contribution in [0, 0.1) is 0 Å². The molecule has 2 unspecified atom stereocenters. The molecule has 6 nitrogen and oxygen atoms in total. The van der Waals surface area contributed by atoms with E-state index in [0.717, 1.165) is 44.9 Å². The fourth-order valence-electron chi connectivity index (χ4n) is 9.34. The molecule has 0 aromatic carbocycles. The zero-order valence-corrected chi connectivity index (χ0v) is 45.1. The third kappa shape index (κ3) is 53.5. The summed E-state index contributed by atoms with van der Waals surface area (Å²) in [6.07, 6.45) is 69.2. The van der Waals surface area contributed by atoms with Gasteiger partial charge < -0.3 is 20.3 Å². The fraction of sp³-hybridized carbons (Fsp3) is 0.902. The van der Waals surface area contributed by atoms with E-state index in [0.29, 0.717) is 19.4 Å². The standard InChI is InChI=1S/C61H117NO5/c1-3-5-7-9-11-13-15-17-18-23-27-31-35-39-43-47-51-55-61(66)67-56-52-48-44-40-36-32-28-25-22-20-19-21-24-26-30-34-38-42-46-50-54-60(65)62-58(57-63)59(64)53-49-45-41-37-33-29-16-14-12-10-8-6-4-2/h17-18,49,53,58-59,63-64H,3-16,19-48,50-52,54-57H2,1-2H3,(H,62,65)/b18-17-,53-49+. The van der Waals surface area contributed by atoms with Gasteiger partial charge in [0.2, 0.25) is 5.91 Å². The monoisotopic (exact) mass is 944 g/mol. The summed E-state index contributed by atoms with van der Waals surface area (Å²) in [6, 6.07) is -0.628. The summed E-state index contributed by atoms with van der Waals surface area (Å²) < 4.78 is 5.49. The van der Waals surface area contributed by atoms with Gasteiger partial charge in [-0.05, 0) is 57.8 Å². The highest BCUT2D eigenvalue weighted by atomic mass is 16.5. The second-order valence-electron chi connectivity index (χ2n) is 20.7. The van der Waals surface area contributed by atoms with Crippen molar-refractivity contribution in [3.8, 4) is 0 Å². The Bertz CT molecular complexity index is 1040. The van der Waals surface area contributed by atoms with Crippen LogP contribution in [0.5, 0.6) is 0 Å². The number of hydrogen-bond acceptors (Lipinski definition) is 5. The maximum atomic E-state index is 12.4. The van der Waals surface area contributed by atoms with E-state index in [1.54, 1.807) is 6.08 Å². The summed E-state index contributed by atoms with van der Waals surface area (Å²) >= 11 is 0. The van der Waals surface area contributed by atoms with Crippen LogP contribution >= 0.6 is 0 Å². The number of carbonyl (C=O) groups is 2. The Kier molecular flexibility index (Phi) is 55.5. The maximum Gasteiger partial charge on any atom is 0.305 e. The molecule has 67 heavy (non-hydrogen) atoms. The molecule has 1 amide bonds. The molecule has 0 saturated heterocycles. The van der Waals surface area contributed by atoms with E-state index in [1.807, 2.05) is 6.08 Å². The van der Waals surface area contributed by atoms with Crippen molar-refractivity contribution in [2.75, 3.05) is 13.2 Å². The highest BCUT2D eigenvalue weighted by Gasteiger charge is 2.18. The van der Waals surface area contributed by atoms with Crippen LogP contribution in [0.15, 0.2) is 24.3 Å². The van der Waals surface area contributed by atoms with Crippen molar-refractivity contribution < 1.29 is 24.5 Å². The SMILES string of the molecule is CCCCCCCC/C=C\CCCCCCCCCC(=O)OCCCCCCCCCCCCCCCCCCCCCCC(=O)NC(CO)C(O)/C=C/CCCCCCCCCCCCC. The van der Waals surface area contributed by atoms with Gasteiger partial charge in [-0.3, -0.25) is 9.59 Å². The van der Waals surface area contributed by atoms with E-state index >= 15 is 0 Å². The molecule has 3 N–H and O–H groups in total. The summed E-state index contributed by atoms with van der Waals surface area (Å²) in [5.74, 6) is -0.0625. The van der Waals surface area contributed by atoms with Crippen LogP contribution < -0.4 is 5.32 Å². The number of aliphatic hydroxyl groups excluding tert-OH is 2. The molecule has 0 spiro atoms. The molecule has 0 radical (unpaired) electrons. The number of hydrogen-bond donors (Lipinski definition) is 3. The molecule has 0 saturated carbocycles. The average molecular weight is 945 g/mol. The summed E-state index contributed by atoms with van der Waals surface area (Å²) in [5.41, 5.74) is 0. The van der Waals surface area contributed by atoms with E-state index in [9.17, 15) is 19.8 Å². The van der Waals surface area contributed by atoms with Gasteiger partial charge in [0.1, 0.15) is 0 Å². The zero-order valence-electron chi connectivity index (χ0n) is 45.1. The second kappa shape index (κ2) is 56.9. The van der Waals surface area contributed by atoms with Gasteiger partial charge in [0.15, 0.2) is 0 Å². The van der Waals surface area contributed by atoms with Crippen LogP contribution in [0.4, 0.5) is 0 Å². The number of ether oxygens (including phenoxy) is 1. The molecule has 0 heterocycles. The van der Waals surface area contributed by atoms with Gasteiger partial charge in [-0.2, -0.15) is 0 Å². The van der Waals surface area contributed by atoms with Gasteiger partial charge >= 0.3 is 5.97 Å². The van der Waals surface area contributed by atoms with E-state index in [-0.39, 0.29) is 18.5 Å². The first-order valence-corrected chi connectivity index (χ1v) is 30.1. The lowest BCUT2D eigenvalue weighted by molar-refractivity contribution is -0.143. The molecule has 2 atom stereocenters. The predicted molar refractivity (Wildman–Crippen MR) is 292 cm³/mol. The van der Waals surface area contributed by atoms with E-state index in [4.69, 9.17) is 4.74 Å². The average Bonchev–Trinajstić information content (AvgIpc) is 3.33. The predicted octanol–water partition coefficient (Wildman–Crippen LogP) is 18.6. The number of aliphatic hydroxyl groups is 2. The molecule has 0 rings (SSSR count). The summed E-state index contributed by atoms with van der Waals surface area (Å²) in [7, 11) is 0. The Labute approximate surface area is 418 Å². The Morgan fingerprint density at radius 2 is 0.701 bits per heavy atom. The Hall–Kier alpha value is -1.66. The van der Waals surface area contributed by atoms with Gasteiger partial charge in [-0.1, -0.05) is 282 Å². The van der Waals surface area contributed by atoms with Crippen LogP contribution in [0.3, 0.4) is 0 Å². The summed E-state index contributed by atoms with van der Waals surface area (Å²) in [5, 5.41) is 23.1. The third-order valence-electron chi connectivity index (χ3n) is 14.0. The Balaban J connectivity index is 3.39. The van der Waals surface area contributed by atoms with Crippen molar-refractivity contribution in [1.82, 2.24) is 5.32 Å². The number of unbranched alkanes of at least 4 members (excludes halogenated alkanes) is 43. The van der Waals surface area contributed by atoms with Gasteiger partial charge in [0.25, 0.3) is 0 Å². The summed E-state index contributed by atoms with van der Waals surface area (Å²) in [4.78, 5) is 24.5. The minimum Gasteiger partial charge on any atom is -0.466 e. The van der Waals surface area contributed by atoms with Crippen molar-refractivity contribution in [2.45, 2.75) is 341 Å². The van der Waals surface area contributed by atoms with Crippen molar-refractivity contribution in [1.29, 1.82) is 0 Å². The van der Waals surface area contributed by atoms with E-state index < -0.39 is 12.1 Å². The molecule has 0 bridgehead atoms. The van der Waals surface area contributed by atoms with Crippen molar-refractivity contribution >= 4 is 11.9 Å². The molecule has 0 aliphatic carbocycles. The first-order valence-electron chi connectivity index (χ1n) is 30.1. The number of carbonyl (C=O) groups excluding carboxylic acids is 2. The molecule has 0 aromatic heterocycles. The Morgan fingerprint density at radius 1 is 0.403 bits per heavy atom. The van der Waals surface area contributed by atoms with Crippen molar-refractivity contribution in [3.05, 3.63) is 24.3 Å². The fourth-order valence-corrected chi connectivity index (χ4v) is 9.34. The van der Waals surface area contributed by atoms with E-state index in [1.165, 1.54) is 257 Å². The molecule has 396 valence electrons. The van der Waals surface area contributed by atoms with Gasteiger partial charge in [-0.25, -0.2) is 0 Å². The summed E-state index contributed by atoms with van der Waals surface area (Å²) in [6.45, 7) is 4.90. The largest absolute Gasteiger partial charge is 0.466 e. The number of allylic oxidation sites excluding steroid dienone is 3. The van der Waals surface area contributed by atoms with Crippen molar-refractivity contribution in [3.63, 3.8) is 0 Å². The molecule has 0 aliphatic heterocycles. The zero-order chi connectivity index (χ0) is 48.6. The van der Waals surface area contributed by atoms with Crippen LogP contribution in [-0.4, -0.2) is 47.4 Å². The van der Waals surface area contributed by atoms with Gasteiger partial charge in [0, 0.05) is 12.8 Å². The lowest BCUT2D eigenvalue weighted by Crippen LogP contribution is -2.45. The lowest BCUT2D eigenvalue weighted by atomic mass is 10.0.